The molecule has 3 aromatic carbocycles. The summed E-state index contributed by atoms with van der Waals surface area (Å²) in [6, 6.07) is 19.4. The number of aryl methyl sites for hydroxylation is 1. The van der Waals surface area contributed by atoms with E-state index in [2.05, 4.69) is 30.0 Å². The maximum atomic E-state index is 12.6. The van der Waals surface area contributed by atoms with Crippen LogP contribution in [0.5, 0.6) is 5.75 Å². The number of fused-ring (bicyclic) bond motifs is 1. The van der Waals surface area contributed by atoms with E-state index in [4.69, 9.17) is 9.47 Å². The highest BCUT2D eigenvalue weighted by atomic mass is 32.2. The molecule has 12 nitrogen and oxygen atoms in total. The van der Waals surface area contributed by atoms with Crippen LogP contribution in [0.4, 0.5) is 11.6 Å². The number of imidazole rings is 1. The second-order valence-corrected chi connectivity index (χ2v) is 10.5. The van der Waals surface area contributed by atoms with E-state index in [1.165, 1.54) is 30.5 Å². The van der Waals surface area contributed by atoms with Crippen LogP contribution in [0, 0.1) is 6.92 Å². The number of amides is 1. The van der Waals surface area contributed by atoms with Gasteiger partial charge < -0.3 is 19.8 Å². The van der Waals surface area contributed by atoms with Crippen LogP contribution < -0.4 is 14.8 Å². The number of methoxy groups -OCH3 is 1. The highest BCUT2D eigenvalue weighted by molar-refractivity contribution is 7.92. The lowest BCUT2D eigenvalue weighted by atomic mass is 10.2. The van der Waals surface area contributed by atoms with Crippen molar-refractivity contribution in [2.75, 3.05) is 23.8 Å². The Bertz CT molecular complexity index is 1840. The minimum Gasteiger partial charge on any atom is -0.497 e. The highest BCUT2D eigenvalue weighted by Gasteiger charge is 2.17. The zero-order chi connectivity index (χ0) is 29.0. The van der Waals surface area contributed by atoms with Gasteiger partial charge in [-0.3, -0.25) is 4.79 Å². The van der Waals surface area contributed by atoms with Crippen molar-refractivity contribution in [3.8, 4) is 17.1 Å². The molecular weight excluding hydrogens is 548 g/mol. The van der Waals surface area contributed by atoms with Gasteiger partial charge in [0.2, 0.25) is 5.95 Å². The zero-order valence-corrected chi connectivity index (χ0v) is 22.7. The van der Waals surface area contributed by atoms with Gasteiger partial charge in [-0.05, 0) is 79.7 Å². The second kappa shape index (κ2) is 11.4. The molecule has 0 bridgehead atoms. The monoisotopic (exact) mass is 572 g/mol. The molecule has 5 rings (SSSR count). The molecule has 3 N–H and O–H groups in total. The molecule has 0 atom stereocenters. The number of carbonyl (C=O) groups is 2. The third-order valence-electron chi connectivity index (χ3n) is 5.88. The first-order valence-electron chi connectivity index (χ1n) is 12.2. The van der Waals surface area contributed by atoms with Gasteiger partial charge in [0, 0.05) is 23.1 Å². The van der Waals surface area contributed by atoms with E-state index in [0.29, 0.717) is 28.2 Å². The third kappa shape index (κ3) is 6.47. The topological polar surface area (TPSA) is 165 Å². The van der Waals surface area contributed by atoms with Gasteiger partial charge in [-0.15, -0.1) is 0 Å². The number of ether oxygens (including phenoxy) is 2. The van der Waals surface area contributed by atoms with Gasteiger partial charge in [0.1, 0.15) is 11.6 Å². The number of rotatable bonds is 9. The van der Waals surface area contributed by atoms with Crippen molar-refractivity contribution < 1.29 is 27.5 Å². The number of H-pyrrole nitrogens is 1. The molecule has 1 amide bonds. The quantitative estimate of drug-likeness (QED) is 0.222. The molecule has 13 heteroatoms. The largest absolute Gasteiger partial charge is 0.497 e. The lowest BCUT2D eigenvalue weighted by molar-refractivity contribution is -0.119. The first-order valence-corrected chi connectivity index (χ1v) is 13.7. The Balaban J connectivity index is 1.17. The average Bonchev–Trinajstić information content (AvgIpc) is 3.40. The molecule has 0 aliphatic heterocycles. The maximum absolute atomic E-state index is 12.6. The maximum Gasteiger partial charge on any atom is 0.338 e. The summed E-state index contributed by atoms with van der Waals surface area (Å²) in [4.78, 5) is 40.5. The lowest BCUT2D eigenvalue weighted by Gasteiger charge is -2.09. The first-order chi connectivity index (χ1) is 19.7. The van der Waals surface area contributed by atoms with Gasteiger partial charge in [-0.25, -0.2) is 32.9 Å². The molecule has 2 heterocycles. The molecule has 0 aliphatic rings. The van der Waals surface area contributed by atoms with Gasteiger partial charge in [-0.2, -0.15) is 0 Å². The van der Waals surface area contributed by atoms with Crippen molar-refractivity contribution in [3.05, 3.63) is 90.3 Å². The molecule has 5 aromatic rings. The molecule has 0 unspecified atom stereocenters. The summed E-state index contributed by atoms with van der Waals surface area (Å²) in [5.41, 5.74) is 3.32. The molecule has 0 saturated heterocycles. The number of carbonyl (C=O) groups excluding carboxylic acids is 2. The summed E-state index contributed by atoms with van der Waals surface area (Å²) in [5.74, 6) is 0.0306. The van der Waals surface area contributed by atoms with Crippen LogP contribution in [-0.4, -0.2) is 53.9 Å². The Morgan fingerprint density at radius 3 is 2.41 bits per heavy atom. The van der Waals surface area contributed by atoms with Crippen molar-refractivity contribution in [2.45, 2.75) is 11.8 Å². The van der Waals surface area contributed by atoms with Crippen molar-refractivity contribution in [1.29, 1.82) is 0 Å². The molecule has 2 aromatic heterocycles. The number of aromatic amines is 1. The lowest BCUT2D eigenvalue weighted by Crippen LogP contribution is -2.21. The van der Waals surface area contributed by atoms with E-state index < -0.39 is 28.5 Å². The molecule has 0 aliphatic carbocycles. The standard InChI is InChI=1S/C28H24N6O6S/c1-17-13-14-29-28(30-17)34-41(37,38)22-10-6-20(7-11-22)31-25(35)16-40-27(36)19-5-12-23-24(15-19)33-26(32-23)18-3-8-21(39-2)9-4-18/h3-15H,16H2,1-2H3,(H,31,35)(H,32,33)(H,29,30,34). The minimum atomic E-state index is -3.93. The third-order valence-corrected chi connectivity index (χ3v) is 7.23. The predicted molar refractivity (Wildman–Crippen MR) is 151 cm³/mol. The van der Waals surface area contributed by atoms with Gasteiger partial charge in [0.15, 0.2) is 6.61 Å². The number of benzene rings is 3. The average molecular weight is 573 g/mol. The van der Waals surface area contributed by atoms with Crippen LogP contribution in [0.25, 0.3) is 22.4 Å². The summed E-state index contributed by atoms with van der Waals surface area (Å²) in [5, 5.41) is 2.56. The van der Waals surface area contributed by atoms with E-state index in [1.54, 1.807) is 38.3 Å². The molecular formula is C28H24N6O6S. The second-order valence-electron chi connectivity index (χ2n) is 8.82. The van der Waals surface area contributed by atoms with Gasteiger partial charge in [0.05, 0.1) is 28.6 Å². The predicted octanol–water partition coefficient (Wildman–Crippen LogP) is 3.93. The number of aromatic nitrogens is 4. The van der Waals surface area contributed by atoms with Gasteiger partial charge in [-0.1, -0.05) is 0 Å². The van der Waals surface area contributed by atoms with E-state index >= 15 is 0 Å². The zero-order valence-electron chi connectivity index (χ0n) is 21.9. The molecule has 0 radical (unpaired) electrons. The van der Waals surface area contributed by atoms with Crippen LogP contribution in [0.3, 0.4) is 0 Å². The van der Waals surface area contributed by atoms with Gasteiger partial charge in [0.25, 0.3) is 15.9 Å². The fraction of sp³-hybridized carbons (Fsp3) is 0.107. The number of hydrogen-bond donors (Lipinski definition) is 3. The number of nitrogens with one attached hydrogen (secondary N) is 3. The molecule has 208 valence electrons. The molecule has 0 spiro atoms. The number of nitrogens with zero attached hydrogens (tertiary/aromatic N) is 3. The minimum absolute atomic E-state index is 0.0450. The number of hydrogen-bond acceptors (Lipinski definition) is 9. The molecule has 0 fully saturated rings. The van der Waals surface area contributed by atoms with Crippen molar-refractivity contribution in [2.24, 2.45) is 0 Å². The van der Waals surface area contributed by atoms with Crippen LogP contribution in [0.1, 0.15) is 16.1 Å². The molecule has 41 heavy (non-hydrogen) atoms. The smallest absolute Gasteiger partial charge is 0.338 e. The number of sulfonamides is 1. The Kier molecular flexibility index (Phi) is 7.61. The van der Waals surface area contributed by atoms with E-state index in [-0.39, 0.29) is 16.4 Å². The fourth-order valence-electron chi connectivity index (χ4n) is 3.83. The summed E-state index contributed by atoms with van der Waals surface area (Å²) < 4.78 is 37.8. The summed E-state index contributed by atoms with van der Waals surface area (Å²) in [6.07, 6.45) is 1.45. The van der Waals surface area contributed by atoms with Crippen molar-refractivity contribution >= 4 is 44.6 Å². The highest BCUT2D eigenvalue weighted by Crippen LogP contribution is 2.24. The number of anilines is 2. The molecule has 0 saturated carbocycles. The Morgan fingerprint density at radius 2 is 1.71 bits per heavy atom. The normalized spacial score (nSPS) is 11.2. The summed E-state index contributed by atoms with van der Waals surface area (Å²) in [7, 11) is -2.34. The van der Waals surface area contributed by atoms with Crippen LogP contribution in [0.2, 0.25) is 0 Å². The van der Waals surface area contributed by atoms with Gasteiger partial charge >= 0.3 is 5.97 Å². The van der Waals surface area contributed by atoms with Crippen LogP contribution in [0.15, 0.2) is 83.9 Å². The SMILES string of the molecule is COc1ccc(-c2nc3ccc(C(=O)OCC(=O)Nc4ccc(S(=O)(=O)Nc5nccc(C)n5)cc4)cc3[nH]2)cc1. The van der Waals surface area contributed by atoms with E-state index in [1.807, 2.05) is 24.3 Å². The van der Waals surface area contributed by atoms with Crippen molar-refractivity contribution in [1.82, 2.24) is 19.9 Å². The summed E-state index contributed by atoms with van der Waals surface area (Å²) >= 11 is 0. The summed E-state index contributed by atoms with van der Waals surface area (Å²) in [6.45, 7) is 1.18. The van der Waals surface area contributed by atoms with E-state index in [0.717, 1.165) is 11.3 Å². The first kappa shape index (κ1) is 27.3. The fourth-order valence-corrected chi connectivity index (χ4v) is 4.78. The van der Waals surface area contributed by atoms with E-state index in [9.17, 15) is 18.0 Å². The Hall–Kier alpha value is -5.30. The Labute approximate surface area is 234 Å². The Morgan fingerprint density at radius 1 is 0.951 bits per heavy atom. The van der Waals surface area contributed by atoms with Crippen LogP contribution >= 0.6 is 0 Å². The number of esters is 1. The van der Waals surface area contributed by atoms with Crippen molar-refractivity contribution in [3.63, 3.8) is 0 Å². The van der Waals surface area contributed by atoms with Crippen LogP contribution in [-0.2, 0) is 19.6 Å².